The highest BCUT2D eigenvalue weighted by molar-refractivity contribution is 9.10. The highest BCUT2D eigenvalue weighted by Crippen LogP contribution is 2.28. The quantitative estimate of drug-likeness (QED) is 0.856. The van der Waals surface area contributed by atoms with Crippen molar-refractivity contribution in [1.82, 2.24) is 9.78 Å². The molecule has 1 aromatic carbocycles. The zero-order chi connectivity index (χ0) is 15.4. The Hall–Kier alpha value is -1.33. The van der Waals surface area contributed by atoms with Crippen LogP contribution in [-0.4, -0.2) is 9.78 Å². The van der Waals surface area contributed by atoms with Crippen LogP contribution in [-0.2, 0) is 13.2 Å². The minimum atomic E-state index is 0.410. The lowest BCUT2D eigenvalue weighted by atomic mass is 10.1. The summed E-state index contributed by atoms with van der Waals surface area (Å²) in [5.74, 6) is 0.860. The van der Waals surface area contributed by atoms with Crippen LogP contribution in [0.1, 0.15) is 43.1 Å². The molecule has 2 aromatic rings. The van der Waals surface area contributed by atoms with Gasteiger partial charge in [-0.25, -0.2) is 0 Å². The molecule has 0 radical (unpaired) electrons. The number of nitrogens with two attached hydrogens (primary N) is 1. The fraction of sp³-hybridized carbons (Fsp3) is 0.438. The zero-order valence-electron chi connectivity index (χ0n) is 12.8. The Morgan fingerprint density at radius 1 is 1.43 bits per heavy atom. The molecule has 1 heterocycles. The number of hydrogen-bond acceptors (Lipinski definition) is 3. The van der Waals surface area contributed by atoms with Gasteiger partial charge in [-0.05, 0) is 44.0 Å². The molecular formula is C16H22BrN3O. The van der Waals surface area contributed by atoms with Gasteiger partial charge in [-0.15, -0.1) is 0 Å². The Morgan fingerprint density at radius 2 is 2.19 bits per heavy atom. The summed E-state index contributed by atoms with van der Waals surface area (Å²) in [5.41, 5.74) is 8.81. The van der Waals surface area contributed by atoms with Gasteiger partial charge in [0, 0.05) is 28.8 Å². The van der Waals surface area contributed by atoms with Crippen LogP contribution in [0.4, 0.5) is 0 Å². The van der Waals surface area contributed by atoms with E-state index in [2.05, 4.69) is 34.9 Å². The van der Waals surface area contributed by atoms with Gasteiger partial charge in [0.1, 0.15) is 12.4 Å². The first-order chi connectivity index (χ1) is 10.0. The third-order valence-electron chi connectivity index (χ3n) is 3.61. The van der Waals surface area contributed by atoms with Crippen LogP contribution in [0.25, 0.3) is 0 Å². The minimum absolute atomic E-state index is 0.410. The number of aryl methyl sites for hydroxylation is 1. The molecule has 21 heavy (non-hydrogen) atoms. The molecule has 5 heteroatoms. The van der Waals surface area contributed by atoms with Crippen molar-refractivity contribution in [1.29, 1.82) is 0 Å². The van der Waals surface area contributed by atoms with Crippen molar-refractivity contribution >= 4 is 15.9 Å². The van der Waals surface area contributed by atoms with E-state index >= 15 is 0 Å². The first kappa shape index (κ1) is 16.0. The van der Waals surface area contributed by atoms with Gasteiger partial charge in [0.2, 0.25) is 0 Å². The Kier molecular flexibility index (Phi) is 5.42. The molecule has 4 nitrogen and oxygen atoms in total. The van der Waals surface area contributed by atoms with Gasteiger partial charge in [0.15, 0.2) is 0 Å². The van der Waals surface area contributed by atoms with Crippen LogP contribution < -0.4 is 10.5 Å². The maximum Gasteiger partial charge on any atom is 0.132 e. The van der Waals surface area contributed by atoms with E-state index in [9.17, 15) is 0 Å². The summed E-state index contributed by atoms with van der Waals surface area (Å²) in [6, 6.07) is 6.45. The molecule has 2 N–H and O–H groups in total. The topological polar surface area (TPSA) is 53.1 Å². The molecule has 0 saturated carbocycles. The van der Waals surface area contributed by atoms with Gasteiger partial charge in [-0.1, -0.05) is 22.9 Å². The summed E-state index contributed by atoms with van der Waals surface area (Å²) in [6.45, 7) is 7.25. The van der Waals surface area contributed by atoms with Crippen molar-refractivity contribution < 1.29 is 4.74 Å². The number of ether oxygens (including phenoxy) is 1. The fourth-order valence-corrected chi connectivity index (χ4v) is 2.81. The van der Waals surface area contributed by atoms with E-state index in [1.54, 1.807) is 0 Å². The zero-order valence-corrected chi connectivity index (χ0v) is 14.4. The summed E-state index contributed by atoms with van der Waals surface area (Å²) in [5, 5.41) is 4.55. The average Bonchev–Trinajstić information content (AvgIpc) is 2.93. The molecule has 0 aliphatic rings. The van der Waals surface area contributed by atoms with Crippen LogP contribution in [0.3, 0.4) is 0 Å². The molecule has 0 spiro atoms. The summed E-state index contributed by atoms with van der Waals surface area (Å²) < 4.78 is 8.96. The lowest BCUT2D eigenvalue weighted by Gasteiger charge is -2.13. The van der Waals surface area contributed by atoms with Crippen molar-refractivity contribution in [2.24, 2.45) is 5.73 Å². The molecule has 0 bridgehead atoms. The molecule has 1 unspecified atom stereocenters. The summed E-state index contributed by atoms with van der Waals surface area (Å²) in [7, 11) is 0. The van der Waals surface area contributed by atoms with Gasteiger partial charge in [-0.2, -0.15) is 5.10 Å². The maximum absolute atomic E-state index is 5.95. The molecule has 1 atom stereocenters. The Bertz CT molecular complexity index is 610. The number of hydrogen-bond donors (Lipinski definition) is 1. The van der Waals surface area contributed by atoms with E-state index in [4.69, 9.17) is 10.5 Å². The molecule has 114 valence electrons. The second-order valence-electron chi connectivity index (χ2n) is 5.25. The molecule has 0 aliphatic heterocycles. The van der Waals surface area contributed by atoms with Crippen molar-refractivity contribution in [2.75, 3.05) is 0 Å². The summed E-state index contributed by atoms with van der Waals surface area (Å²) >= 11 is 3.48. The van der Waals surface area contributed by atoms with Crippen molar-refractivity contribution in [3.63, 3.8) is 0 Å². The molecule has 1 aromatic heterocycles. The van der Waals surface area contributed by atoms with Crippen molar-refractivity contribution in [2.45, 2.75) is 46.4 Å². The lowest BCUT2D eigenvalue weighted by molar-refractivity contribution is 0.293. The highest BCUT2D eigenvalue weighted by atomic mass is 79.9. The number of aromatic nitrogens is 2. The number of rotatable bonds is 6. The largest absolute Gasteiger partial charge is 0.487 e. The highest BCUT2D eigenvalue weighted by Gasteiger charge is 2.10. The second-order valence-corrected chi connectivity index (χ2v) is 6.16. The molecular weight excluding hydrogens is 330 g/mol. The number of halogens is 1. The predicted molar refractivity (Wildman–Crippen MR) is 88.3 cm³/mol. The van der Waals surface area contributed by atoms with Gasteiger partial charge >= 0.3 is 0 Å². The third kappa shape index (κ3) is 3.86. The number of nitrogens with zero attached hydrogens (tertiary/aromatic N) is 2. The van der Waals surface area contributed by atoms with Crippen LogP contribution in [0, 0.1) is 6.92 Å². The first-order valence-corrected chi connectivity index (χ1v) is 8.00. The first-order valence-electron chi connectivity index (χ1n) is 7.21. The summed E-state index contributed by atoms with van der Waals surface area (Å²) in [4.78, 5) is 0. The normalized spacial score (nSPS) is 12.4. The van der Waals surface area contributed by atoms with E-state index in [1.807, 2.05) is 36.0 Å². The monoisotopic (exact) mass is 351 g/mol. The number of benzene rings is 1. The van der Waals surface area contributed by atoms with Gasteiger partial charge in [-0.3, -0.25) is 4.68 Å². The Labute approximate surface area is 134 Å². The van der Waals surface area contributed by atoms with E-state index < -0.39 is 0 Å². The van der Waals surface area contributed by atoms with E-state index in [1.165, 1.54) is 0 Å². The van der Waals surface area contributed by atoms with Crippen LogP contribution >= 0.6 is 15.9 Å². The van der Waals surface area contributed by atoms with Gasteiger partial charge in [0.25, 0.3) is 0 Å². The molecule has 0 amide bonds. The average molecular weight is 352 g/mol. The van der Waals surface area contributed by atoms with E-state index in [0.29, 0.717) is 19.2 Å². The predicted octanol–water partition coefficient (Wildman–Crippen LogP) is 3.96. The fourth-order valence-electron chi connectivity index (χ4n) is 2.19. The van der Waals surface area contributed by atoms with E-state index in [0.717, 1.165) is 33.5 Å². The second kappa shape index (κ2) is 7.09. The third-order valence-corrected chi connectivity index (χ3v) is 4.06. The van der Waals surface area contributed by atoms with E-state index in [-0.39, 0.29) is 0 Å². The smallest absolute Gasteiger partial charge is 0.132 e. The minimum Gasteiger partial charge on any atom is -0.487 e. The Morgan fingerprint density at radius 3 is 2.86 bits per heavy atom. The van der Waals surface area contributed by atoms with Gasteiger partial charge in [0.05, 0.1) is 5.69 Å². The van der Waals surface area contributed by atoms with Crippen LogP contribution in [0.5, 0.6) is 5.75 Å². The van der Waals surface area contributed by atoms with Crippen molar-refractivity contribution in [3.05, 3.63) is 45.7 Å². The molecule has 2 rings (SSSR count). The SMILES string of the molecule is CCC(C)n1ccc(COc2c(C)cc(Br)cc2CN)n1. The Balaban J connectivity index is 2.11. The summed E-state index contributed by atoms with van der Waals surface area (Å²) in [6.07, 6.45) is 3.07. The molecule has 0 saturated heterocycles. The molecule has 0 fully saturated rings. The maximum atomic E-state index is 5.95. The van der Waals surface area contributed by atoms with Crippen LogP contribution in [0.2, 0.25) is 0 Å². The standard InChI is InChI=1S/C16H22BrN3O/c1-4-12(3)20-6-5-15(19-20)10-21-16-11(2)7-14(17)8-13(16)9-18/h5-8,12H,4,9-10,18H2,1-3H3. The molecule has 0 aliphatic carbocycles. The van der Waals surface area contributed by atoms with Gasteiger partial charge < -0.3 is 10.5 Å². The van der Waals surface area contributed by atoms with Crippen LogP contribution in [0.15, 0.2) is 28.9 Å². The van der Waals surface area contributed by atoms with Crippen molar-refractivity contribution in [3.8, 4) is 5.75 Å². The lowest BCUT2D eigenvalue weighted by Crippen LogP contribution is -2.07.